The predicted molar refractivity (Wildman–Crippen MR) is 116 cm³/mol. The Morgan fingerprint density at radius 1 is 1.38 bits per heavy atom. The van der Waals surface area contributed by atoms with Crippen LogP contribution in [0, 0.1) is 6.92 Å². The fourth-order valence-electron chi connectivity index (χ4n) is 4.36. The van der Waals surface area contributed by atoms with Crippen molar-refractivity contribution in [3.63, 3.8) is 0 Å². The predicted octanol–water partition coefficient (Wildman–Crippen LogP) is 2.95. The topological polar surface area (TPSA) is 76.4 Å². The van der Waals surface area contributed by atoms with Crippen molar-refractivity contribution in [2.75, 3.05) is 13.2 Å². The monoisotopic (exact) mass is 416 g/mol. The lowest BCUT2D eigenvalue weighted by Crippen LogP contribution is -2.51. The summed E-state index contributed by atoms with van der Waals surface area (Å²) in [5.74, 6) is 2.64. The summed E-state index contributed by atoms with van der Waals surface area (Å²) in [5.41, 5.74) is 0.0959. The standard InChI is InChI=1S/C21H32N6OS/c1-16-25-26-19(27(16)2)15-23-20(22-11-7-18-6-5-13-29-18)24-17-8-12-28-21(14-17)9-3-4-10-21/h5-6,13,17H,3-4,7-12,14-15H2,1-2H3,(H2,22,23,24). The van der Waals surface area contributed by atoms with Crippen LogP contribution in [-0.2, 0) is 24.8 Å². The van der Waals surface area contributed by atoms with E-state index in [2.05, 4.69) is 38.3 Å². The Morgan fingerprint density at radius 3 is 2.97 bits per heavy atom. The van der Waals surface area contributed by atoms with Gasteiger partial charge in [0.05, 0.1) is 5.60 Å². The molecule has 1 unspecified atom stereocenters. The van der Waals surface area contributed by atoms with Gasteiger partial charge in [0.2, 0.25) is 0 Å². The molecule has 1 aliphatic carbocycles. The molecule has 0 radical (unpaired) electrons. The van der Waals surface area contributed by atoms with Gasteiger partial charge < -0.3 is 19.9 Å². The molecule has 8 heteroatoms. The number of rotatable bonds is 6. The highest BCUT2D eigenvalue weighted by Gasteiger charge is 2.40. The minimum Gasteiger partial charge on any atom is -0.375 e. The molecule has 1 saturated carbocycles. The molecule has 0 aromatic carbocycles. The molecule has 4 rings (SSSR count). The summed E-state index contributed by atoms with van der Waals surface area (Å²) in [7, 11) is 1.99. The molecule has 2 fully saturated rings. The fourth-order valence-corrected chi connectivity index (χ4v) is 5.07. The number of aliphatic imine (C=N–C) groups is 1. The summed E-state index contributed by atoms with van der Waals surface area (Å²) < 4.78 is 8.19. The minimum atomic E-state index is 0.0959. The molecule has 1 spiro atoms. The van der Waals surface area contributed by atoms with Gasteiger partial charge in [-0.25, -0.2) is 4.99 Å². The van der Waals surface area contributed by atoms with Gasteiger partial charge >= 0.3 is 0 Å². The Kier molecular flexibility index (Phi) is 6.50. The molecule has 29 heavy (non-hydrogen) atoms. The quantitative estimate of drug-likeness (QED) is 0.559. The first-order chi connectivity index (χ1) is 14.1. The zero-order valence-electron chi connectivity index (χ0n) is 17.5. The second-order valence-corrected chi connectivity index (χ2v) is 9.25. The lowest BCUT2D eigenvalue weighted by molar-refractivity contribution is -0.0815. The Bertz CT molecular complexity index is 809. The van der Waals surface area contributed by atoms with Gasteiger partial charge in [0.15, 0.2) is 11.8 Å². The summed E-state index contributed by atoms with van der Waals surface area (Å²) >= 11 is 1.80. The van der Waals surface area contributed by atoms with E-state index in [0.717, 1.165) is 50.0 Å². The first kappa shape index (κ1) is 20.3. The van der Waals surface area contributed by atoms with Crippen molar-refractivity contribution >= 4 is 17.3 Å². The van der Waals surface area contributed by atoms with E-state index in [1.165, 1.54) is 30.6 Å². The van der Waals surface area contributed by atoms with Crippen LogP contribution < -0.4 is 10.6 Å². The van der Waals surface area contributed by atoms with Crippen LogP contribution in [0.25, 0.3) is 0 Å². The third-order valence-electron chi connectivity index (χ3n) is 6.15. The van der Waals surface area contributed by atoms with Crippen LogP contribution in [0.4, 0.5) is 0 Å². The van der Waals surface area contributed by atoms with Crippen molar-refractivity contribution in [3.8, 4) is 0 Å². The number of guanidine groups is 1. The zero-order chi connectivity index (χ0) is 20.1. The van der Waals surface area contributed by atoms with Crippen LogP contribution in [-0.4, -0.2) is 45.5 Å². The lowest BCUT2D eigenvalue weighted by Gasteiger charge is -2.39. The highest BCUT2D eigenvalue weighted by Crippen LogP contribution is 2.39. The van der Waals surface area contributed by atoms with Crippen LogP contribution >= 0.6 is 11.3 Å². The Balaban J connectivity index is 1.40. The summed E-state index contributed by atoms with van der Waals surface area (Å²) in [6.07, 6.45) is 8.07. The normalized spacial score (nSPS) is 21.6. The van der Waals surface area contributed by atoms with E-state index in [-0.39, 0.29) is 5.60 Å². The molecular formula is C21H32N6OS. The molecule has 2 N–H and O–H groups in total. The number of aromatic nitrogens is 3. The molecule has 3 heterocycles. The number of hydrogen-bond donors (Lipinski definition) is 2. The highest BCUT2D eigenvalue weighted by atomic mass is 32.1. The molecule has 2 aromatic rings. The maximum absolute atomic E-state index is 6.20. The smallest absolute Gasteiger partial charge is 0.191 e. The van der Waals surface area contributed by atoms with Crippen molar-refractivity contribution in [2.24, 2.45) is 12.0 Å². The molecule has 2 aromatic heterocycles. The van der Waals surface area contributed by atoms with Gasteiger partial charge in [-0.3, -0.25) is 0 Å². The second kappa shape index (κ2) is 9.26. The fraction of sp³-hybridized carbons (Fsp3) is 0.667. The summed E-state index contributed by atoms with van der Waals surface area (Å²) in [6.45, 7) is 4.17. The van der Waals surface area contributed by atoms with Gasteiger partial charge in [0, 0.05) is 31.1 Å². The van der Waals surface area contributed by atoms with E-state index in [1.807, 2.05) is 18.5 Å². The average molecular weight is 417 g/mol. The molecule has 7 nitrogen and oxygen atoms in total. The lowest BCUT2D eigenvalue weighted by atomic mass is 9.89. The highest BCUT2D eigenvalue weighted by molar-refractivity contribution is 7.09. The second-order valence-electron chi connectivity index (χ2n) is 8.22. The van der Waals surface area contributed by atoms with Crippen molar-refractivity contribution in [3.05, 3.63) is 34.0 Å². The van der Waals surface area contributed by atoms with Gasteiger partial charge in [0.1, 0.15) is 12.4 Å². The van der Waals surface area contributed by atoms with Crippen molar-refractivity contribution in [1.29, 1.82) is 0 Å². The third-order valence-corrected chi connectivity index (χ3v) is 7.09. The van der Waals surface area contributed by atoms with E-state index in [9.17, 15) is 0 Å². The summed E-state index contributed by atoms with van der Waals surface area (Å²) in [5, 5.41) is 17.7. The molecule has 0 amide bonds. The maximum Gasteiger partial charge on any atom is 0.191 e. The van der Waals surface area contributed by atoms with Gasteiger partial charge in [-0.2, -0.15) is 0 Å². The Labute approximate surface area is 177 Å². The van der Waals surface area contributed by atoms with Gasteiger partial charge in [-0.05, 0) is 50.5 Å². The van der Waals surface area contributed by atoms with E-state index in [0.29, 0.717) is 12.6 Å². The Morgan fingerprint density at radius 2 is 2.24 bits per heavy atom. The van der Waals surface area contributed by atoms with Crippen molar-refractivity contribution in [2.45, 2.75) is 70.1 Å². The molecular weight excluding hydrogens is 384 g/mol. The number of nitrogens with zero attached hydrogens (tertiary/aromatic N) is 4. The number of aryl methyl sites for hydroxylation is 1. The van der Waals surface area contributed by atoms with Gasteiger partial charge in [-0.1, -0.05) is 18.9 Å². The van der Waals surface area contributed by atoms with Crippen LogP contribution in [0.15, 0.2) is 22.5 Å². The van der Waals surface area contributed by atoms with E-state index in [4.69, 9.17) is 9.73 Å². The van der Waals surface area contributed by atoms with Crippen molar-refractivity contribution < 1.29 is 4.74 Å². The SMILES string of the molecule is Cc1nnc(CN=C(NCCc2cccs2)NC2CCOC3(CCCC3)C2)n1C. The summed E-state index contributed by atoms with van der Waals surface area (Å²) in [4.78, 5) is 6.22. The number of thiophene rings is 1. The first-order valence-electron chi connectivity index (χ1n) is 10.7. The molecule has 1 saturated heterocycles. The summed E-state index contributed by atoms with van der Waals surface area (Å²) in [6, 6.07) is 4.68. The van der Waals surface area contributed by atoms with Crippen LogP contribution in [0.5, 0.6) is 0 Å². The first-order valence-corrected chi connectivity index (χ1v) is 11.6. The van der Waals surface area contributed by atoms with Gasteiger partial charge in [0.25, 0.3) is 0 Å². The zero-order valence-corrected chi connectivity index (χ0v) is 18.3. The third kappa shape index (κ3) is 5.17. The van der Waals surface area contributed by atoms with E-state index in [1.54, 1.807) is 11.3 Å². The molecule has 0 bridgehead atoms. The average Bonchev–Trinajstić information content (AvgIpc) is 3.45. The molecule has 158 valence electrons. The Hall–Kier alpha value is -1.93. The molecule has 1 aliphatic heterocycles. The van der Waals surface area contributed by atoms with Crippen LogP contribution in [0.2, 0.25) is 0 Å². The number of hydrogen-bond acceptors (Lipinski definition) is 5. The molecule has 1 atom stereocenters. The van der Waals surface area contributed by atoms with Crippen molar-refractivity contribution in [1.82, 2.24) is 25.4 Å². The maximum atomic E-state index is 6.20. The van der Waals surface area contributed by atoms with E-state index < -0.39 is 0 Å². The number of nitrogens with one attached hydrogen (secondary N) is 2. The minimum absolute atomic E-state index is 0.0959. The largest absolute Gasteiger partial charge is 0.375 e. The molecule has 2 aliphatic rings. The van der Waals surface area contributed by atoms with E-state index >= 15 is 0 Å². The van der Waals surface area contributed by atoms with Gasteiger partial charge in [-0.15, -0.1) is 21.5 Å². The van der Waals surface area contributed by atoms with Crippen LogP contribution in [0.1, 0.15) is 55.1 Å². The van der Waals surface area contributed by atoms with Crippen LogP contribution in [0.3, 0.4) is 0 Å². The number of ether oxygens (including phenoxy) is 1.